The summed E-state index contributed by atoms with van der Waals surface area (Å²) in [6.07, 6.45) is 4.68. The van der Waals surface area contributed by atoms with E-state index < -0.39 is 0 Å². The Hall–Kier alpha value is -1.81. The molecule has 4 nitrogen and oxygen atoms in total. The molecule has 0 spiro atoms. The molecule has 1 unspecified atom stereocenters. The monoisotopic (exact) mass is 286 g/mol. The molecule has 2 N–H and O–H groups in total. The fourth-order valence-corrected chi connectivity index (χ4v) is 2.65. The van der Waals surface area contributed by atoms with E-state index >= 15 is 0 Å². The third-order valence-electron chi connectivity index (χ3n) is 3.73. The van der Waals surface area contributed by atoms with Crippen molar-refractivity contribution in [3.05, 3.63) is 42.0 Å². The zero-order valence-corrected chi connectivity index (χ0v) is 13.7. The maximum Gasteiger partial charge on any atom is 0.0994 e. The summed E-state index contributed by atoms with van der Waals surface area (Å²) in [5.74, 6) is 0.568. The van der Waals surface area contributed by atoms with E-state index in [1.165, 1.54) is 11.3 Å². The van der Waals surface area contributed by atoms with Gasteiger partial charge in [-0.3, -0.25) is 0 Å². The topological polar surface area (TPSA) is 47.1 Å². The van der Waals surface area contributed by atoms with Crippen molar-refractivity contribution in [3.63, 3.8) is 0 Å². The highest BCUT2D eigenvalue weighted by Gasteiger charge is 2.15. The Bertz CT molecular complexity index is 599. The molecule has 114 valence electrons. The molecule has 0 aliphatic rings. The van der Waals surface area contributed by atoms with Crippen LogP contribution in [0.15, 0.2) is 30.7 Å². The zero-order valence-electron chi connectivity index (χ0n) is 13.7. The van der Waals surface area contributed by atoms with Crippen LogP contribution in [0.5, 0.6) is 0 Å². The van der Waals surface area contributed by atoms with Gasteiger partial charge in [0.2, 0.25) is 0 Å². The van der Waals surface area contributed by atoms with Crippen molar-refractivity contribution in [1.82, 2.24) is 9.55 Å². The molecular weight excluding hydrogens is 260 g/mol. The van der Waals surface area contributed by atoms with E-state index in [0.29, 0.717) is 5.92 Å². The fraction of sp³-hybridized carbons (Fsp3) is 0.471. The Morgan fingerprint density at radius 2 is 2.00 bits per heavy atom. The van der Waals surface area contributed by atoms with Gasteiger partial charge in [-0.2, -0.15) is 0 Å². The van der Waals surface area contributed by atoms with Crippen molar-refractivity contribution in [2.75, 3.05) is 19.0 Å². The predicted octanol–water partition coefficient (Wildman–Crippen LogP) is 3.29. The van der Waals surface area contributed by atoms with Gasteiger partial charge < -0.3 is 15.2 Å². The Morgan fingerprint density at radius 3 is 2.62 bits per heavy atom. The van der Waals surface area contributed by atoms with Gasteiger partial charge in [-0.05, 0) is 37.0 Å². The molecule has 2 aromatic rings. The first-order chi connectivity index (χ1) is 9.90. The Balaban J connectivity index is 2.39. The number of nitrogens with zero attached hydrogens (tertiary/aromatic N) is 3. The van der Waals surface area contributed by atoms with Crippen molar-refractivity contribution < 1.29 is 0 Å². The summed E-state index contributed by atoms with van der Waals surface area (Å²) in [7, 11) is 4.12. The molecule has 0 aliphatic heterocycles. The summed E-state index contributed by atoms with van der Waals surface area (Å²) in [6.45, 7) is 6.51. The van der Waals surface area contributed by atoms with Crippen LogP contribution in [-0.2, 0) is 0 Å². The molecule has 1 aromatic carbocycles. The zero-order chi connectivity index (χ0) is 15.6. The smallest absolute Gasteiger partial charge is 0.0994 e. The summed E-state index contributed by atoms with van der Waals surface area (Å²) >= 11 is 0. The maximum atomic E-state index is 6.34. The molecule has 0 amide bonds. The molecule has 0 bridgehead atoms. The molecule has 4 heteroatoms. The van der Waals surface area contributed by atoms with Crippen molar-refractivity contribution in [2.45, 2.75) is 33.2 Å². The molecule has 1 atom stereocenters. The van der Waals surface area contributed by atoms with Crippen molar-refractivity contribution >= 4 is 5.69 Å². The van der Waals surface area contributed by atoms with E-state index in [4.69, 9.17) is 5.73 Å². The van der Waals surface area contributed by atoms with Gasteiger partial charge in [0.25, 0.3) is 0 Å². The van der Waals surface area contributed by atoms with E-state index in [0.717, 1.165) is 17.8 Å². The van der Waals surface area contributed by atoms with Gasteiger partial charge in [-0.1, -0.05) is 19.9 Å². The predicted molar refractivity (Wildman–Crippen MR) is 89.0 cm³/mol. The van der Waals surface area contributed by atoms with Gasteiger partial charge in [0.15, 0.2) is 0 Å². The number of benzene rings is 1. The normalized spacial score (nSPS) is 12.7. The summed E-state index contributed by atoms with van der Waals surface area (Å²) in [4.78, 5) is 6.42. The Labute approximate surface area is 127 Å². The molecule has 1 heterocycles. The number of aryl methyl sites for hydroxylation is 1. The summed E-state index contributed by atoms with van der Waals surface area (Å²) < 4.78 is 2.10. The first-order valence-corrected chi connectivity index (χ1v) is 7.46. The number of hydrogen-bond acceptors (Lipinski definition) is 3. The summed E-state index contributed by atoms with van der Waals surface area (Å²) in [6, 6.07) is 6.46. The maximum absolute atomic E-state index is 6.34. The lowest BCUT2D eigenvalue weighted by molar-refractivity contribution is 0.498. The van der Waals surface area contributed by atoms with Crippen LogP contribution < -0.4 is 10.6 Å². The third-order valence-corrected chi connectivity index (χ3v) is 3.73. The van der Waals surface area contributed by atoms with Crippen LogP contribution >= 0.6 is 0 Å². The average Bonchev–Trinajstić information content (AvgIpc) is 2.87. The number of nitrogens with two attached hydrogens (primary N) is 1. The van der Waals surface area contributed by atoms with E-state index in [9.17, 15) is 0 Å². The number of anilines is 1. The average molecular weight is 286 g/mol. The SMILES string of the molecule is Cc1ccc(-n2cncc2C(N)CC(C)C)cc1N(C)C. The number of rotatable bonds is 5. The minimum atomic E-state index is 0.0107. The van der Waals surface area contributed by atoms with Gasteiger partial charge in [-0.25, -0.2) is 4.98 Å². The van der Waals surface area contributed by atoms with Crippen molar-refractivity contribution in [1.29, 1.82) is 0 Å². The van der Waals surface area contributed by atoms with Crippen LogP contribution in [0.1, 0.15) is 37.6 Å². The molecule has 0 saturated heterocycles. The van der Waals surface area contributed by atoms with Gasteiger partial charge >= 0.3 is 0 Å². The minimum absolute atomic E-state index is 0.0107. The second kappa shape index (κ2) is 6.31. The molecule has 0 saturated carbocycles. The Kier molecular flexibility index (Phi) is 4.68. The molecule has 2 rings (SSSR count). The van der Waals surface area contributed by atoms with Crippen LogP contribution in [0.2, 0.25) is 0 Å². The second-order valence-electron chi connectivity index (χ2n) is 6.29. The van der Waals surface area contributed by atoms with Crippen molar-refractivity contribution in [2.24, 2.45) is 11.7 Å². The molecule has 0 radical (unpaired) electrons. The highest BCUT2D eigenvalue weighted by molar-refractivity contribution is 5.58. The van der Waals surface area contributed by atoms with Gasteiger partial charge in [0.05, 0.1) is 18.2 Å². The minimum Gasteiger partial charge on any atom is -0.377 e. The number of aromatic nitrogens is 2. The van der Waals surface area contributed by atoms with Crippen LogP contribution in [0.4, 0.5) is 5.69 Å². The number of imidazole rings is 1. The second-order valence-corrected chi connectivity index (χ2v) is 6.29. The highest BCUT2D eigenvalue weighted by atomic mass is 15.1. The lowest BCUT2D eigenvalue weighted by atomic mass is 10.0. The van der Waals surface area contributed by atoms with E-state index in [2.05, 4.69) is 67.5 Å². The van der Waals surface area contributed by atoms with E-state index in [1.54, 1.807) is 0 Å². The quantitative estimate of drug-likeness (QED) is 0.917. The van der Waals surface area contributed by atoms with Crippen LogP contribution in [-0.4, -0.2) is 23.6 Å². The number of hydrogen-bond donors (Lipinski definition) is 1. The van der Waals surface area contributed by atoms with Crippen LogP contribution in [0.3, 0.4) is 0 Å². The Morgan fingerprint density at radius 1 is 1.29 bits per heavy atom. The standard InChI is InChI=1S/C17H26N4/c1-12(2)8-15(18)17-10-19-11-21(17)14-7-6-13(3)16(9-14)20(4)5/h6-7,9-12,15H,8,18H2,1-5H3. The molecule has 1 aromatic heterocycles. The summed E-state index contributed by atoms with van der Waals surface area (Å²) in [5.41, 5.74) is 11.0. The lowest BCUT2D eigenvalue weighted by Gasteiger charge is -2.20. The summed E-state index contributed by atoms with van der Waals surface area (Å²) in [5, 5.41) is 0. The van der Waals surface area contributed by atoms with E-state index in [1.807, 2.05) is 12.5 Å². The van der Waals surface area contributed by atoms with Gasteiger partial charge in [0, 0.05) is 31.5 Å². The first-order valence-electron chi connectivity index (χ1n) is 7.46. The molecule has 0 aliphatic carbocycles. The van der Waals surface area contributed by atoms with Gasteiger partial charge in [-0.15, -0.1) is 0 Å². The lowest BCUT2D eigenvalue weighted by Crippen LogP contribution is -2.17. The molecule has 0 fully saturated rings. The van der Waals surface area contributed by atoms with E-state index in [-0.39, 0.29) is 6.04 Å². The highest BCUT2D eigenvalue weighted by Crippen LogP contribution is 2.25. The largest absolute Gasteiger partial charge is 0.377 e. The van der Waals surface area contributed by atoms with Gasteiger partial charge in [0.1, 0.15) is 0 Å². The fourth-order valence-electron chi connectivity index (χ4n) is 2.65. The first kappa shape index (κ1) is 15.6. The van der Waals surface area contributed by atoms with Crippen LogP contribution in [0.25, 0.3) is 5.69 Å². The van der Waals surface area contributed by atoms with Crippen LogP contribution in [0, 0.1) is 12.8 Å². The third kappa shape index (κ3) is 3.45. The molecular formula is C17H26N4. The molecule has 21 heavy (non-hydrogen) atoms. The van der Waals surface area contributed by atoms with Crippen molar-refractivity contribution in [3.8, 4) is 5.69 Å².